The van der Waals surface area contributed by atoms with Crippen molar-refractivity contribution >= 4 is 21.7 Å². The summed E-state index contributed by atoms with van der Waals surface area (Å²) in [5, 5.41) is 3.66. The molecule has 0 saturated carbocycles. The smallest absolute Gasteiger partial charge is 0.0715 e. The fourth-order valence-electron chi connectivity index (χ4n) is 3.62. The molecular formula is C25H17N. The highest BCUT2D eigenvalue weighted by Gasteiger charge is 2.08. The Morgan fingerprint density at radius 1 is 0.462 bits per heavy atom. The largest absolute Gasteiger partial charge is 0.248 e. The average Bonchev–Trinajstić information content (AvgIpc) is 2.73. The van der Waals surface area contributed by atoms with Crippen molar-refractivity contribution in [1.82, 2.24) is 4.98 Å². The lowest BCUT2D eigenvalue weighted by molar-refractivity contribution is 1.41. The van der Waals surface area contributed by atoms with Gasteiger partial charge in [-0.15, -0.1) is 0 Å². The molecule has 5 aromatic rings. The van der Waals surface area contributed by atoms with Gasteiger partial charge in [0.05, 0.1) is 11.2 Å². The monoisotopic (exact) mass is 331 g/mol. The number of hydrogen-bond donors (Lipinski definition) is 0. The summed E-state index contributed by atoms with van der Waals surface area (Å²) in [7, 11) is 0. The second-order valence-electron chi connectivity index (χ2n) is 6.46. The Morgan fingerprint density at radius 3 is 2.12 bits per heavy atom. The summed E-state index contributed by atoms with van der Waals surface area (Å²) in [5.41, 5.74) is 5.66. The third kappa shape index (κ3) is 2.46. The molecular weight excluding hydrogens is 314 g/mol. The quantitative estimate of drug-likeness (QED) is 0.350. The van der Waals surface area contributed by atoms with Crippen molar-refractivity contribution < 1.29 is 0 Å². The number of benzene rings is 4. The van der Waals surface area contributed by atoms with E-state index < -0.39 is 0 Å². The molecule has 5 rings (SSSR count). The first-order chi connectivity index (χ1) is 12.9. The van der Waals surface area contributed by atoms with Crippen LogP contribution in [-0.4, -0.2) is 4.98 Å². The molecule has 0 radical (unpaired) electrons. The molecule has 0 spiro atoms. The maximum Gasteiger partial charge on any atom is 0.0715 e. The average molecular weight is 331 g/mol. The summed E-state index contributed by atoms with van der Waals surface area (Å²) in [4.78, 5) is 4.98. The number of nitrogens with zero attached hydrogens (tertiary/aromatic N) is 1. The van der Waals surface area contributed by atoms with Crippen molar-refractivity contribution in [2.75, 3.05) is 0 Å². The minimum atomic E-state index is 1.01. The van der Waals surface area contributed by atoms with Gasteiger partial charge in [-0.3, -0.25) is 0 Å². The van der Waals surface area contributed by atoms with Crippen molar-refractivity contribution in [2.24, 2.45) is 0 Å². The van der Waals surface area contributed by atoms with E-state index in [-0.39, 0.29) is 0 Å². The summed E-state index contributed by atoms with van der Waals surface area (Å²) in [6.45, 7) is 0. The van der Waals surface area contributed by atoms with Crippen LogP contribution in [0.3, 0.4) is 0 Å². The van der Waals surface area contributed by atoms with Gasteiger partial charge in [-0.25, -0.2) is 4.98 Å². The highest BCUT2D eigenvalue weighted by molar-refractivity contribution is 5.99. The minimum Gasteiger partial charge on any atom is -0.248 e. The zero-order chi connectivity index (χ0) is 17.3. The van der Waals surface area contributed by atoms with Gasteiger partial charge in [-0.1, -0.05) is 91.0 Å². The number of pyridine rings is 1. The first-order valence-corrected chi connectivity index (χ1v) is 8.83. The number of fused-ring (bicyclic) bond motifs is 2. The second-order valence-corrected chi connectivity index (χ2v) is 6.46. The third-order valence-electron chi connectivity index (χ3n) is 4.88. The van der Waals surface area contributed by atoms with Crippen LogP contribution in [0.1, 0.15) is 0 Å². The SMILES string of the molecule is c1ccc(-c2cccc3nc(-c4cccc5ccccc45)ccc23)cc1. The van der Waals surface area contributed by atoms with Crippen molar-refractivity contribution in [3.63, 3.8) is 0 Å². The summed E-state index contributed by atoms with van der Waals surface area (Å²) >= 11 is 0. The molecule has 26 heavy (non-hydrogen) atoms. The molecule has 1 nitrogen and oxygen atoms in total. The zero-order valence-corrected chi connectivity index (χ0v) is 14.3. The molecule has 1 heteroatoms. The molecule has 0 unspecified atom stereocenters. The Bertz CT molecular complexity index is 1220. The van der Waals surface area contributed by atoms with Crippen LogP contribution >= 0.6 is 0 Å². The predicted octanol–water partition coefficient (Wildman–Crippen LogP) is 6.72. The zero-order valence-electron chi connectivity index (χ0n) is 14.3. The summed E-state index contributed by atoms with van der Waals surface area (Å²) in [5.74, 6) is 0. The second kappa shape index (κ2) is 6.12. The van der Waals surface area contributed by atoms with Crippen LogP contribution in [-0.2, 0) is 0 Å². The fourth-order valence-corrected chi connectivity index (χ4v) is 3.62. The van der Waals surface area contributed by atoms with Gasteiger partial charge in [-0.05, 0) is 34.0 Å². The van der Waals surface area contributed by atoms with Gasteiger partial charge in [0.25, 0.3) is 0 Å². The molecule has 0 fully saturated rings. The van der Waals surface area contributed by atoms with Gasteiger partial charge in [0.15, 0.2) is 0 Å². The number of aromatic nitrogens is 1. The van der Waals surface area contributed by atoms with E-state index in [4.69, 9.17) is 4.98 Å². The van der Waals surface area contributed by atoms with Crippen molar-refractivity contribution in [2.45, 2.75) is 0 Å². The Labute approximate surface area is 152 Å². The van der Waals surface area contributed by atoms with Crippen LogP contribution in [0.15, 0.2) is 103 Å². The lowest BCUT2D eigenvalue weighted by atomic mass is 9.98. The Morgan fingerprint density at radius 2 is 1.19 bits per heavy atom. The van der Waals surface area contributed by atoms with E-state index in [0.717, 1.165) is 11.2 Å². The van der Waals surface area contributed by atoms with E-state index in [2.05, 4.69) is 97.1 Å². The summed E-state index contributed by atoms with van der Waals surface area (Å²) < 4.78 is 0. The van der Waals surface area contributed by atoms with Crippen LogP contribution in [0.5, 0.6) is 0 Å². The van der Waals surface area contributed by atoms with Crippen LogP contribution in [0.2, 0.25) is 0 Å². The standard InChI is InChI=1S/C25H17N/c1-2-8-18(9-3-1)21-13-7-15-24-23(21)16-17-25(26-24)22-14-6-11-19-10-4-5-12-20(19)22/h1-17H. The van der Waals surface area contributed by atoms with Gasteiger partial charge in [0.1, 0.15) is 0 Å². The summed E-state index contributed by atoms with van der Waals surface area (Å²) in [6, 6.07) is 36.0. The van der Waals surface area contributed by atoms with Crippen molar-refractivity contribution in [1.29, 1.82) is 0 Å². The molecule has 0 N–H and O–H groups in total. The minimum absolute atomic E-state index is 1.01. The van der Waals surface area contributed by atoms with Crippen LogP contribution in [0, 0.1) is 0 Å². The highest BCUT2D eigenvalue weighted by Crippen LogP contribution is 2.32. The van der Waals surface area contributed by atoms with Crippen molar-refractivity contribution in [3.8, 4) is 22.4 Å². The van der Waals surface area contributed by atoms with Gasteiger partial charge < -0.3 is 0 Å². The molecule has 0 aliphatic rings. The topological polar surface area (TPSA) is 12.9 Å². The molecule has 0 aliphatic heterocycles. The molecule has 0 amide bonds. The molecule has 122 valence electrons. The first-order valence-electron chi connectivity index (χ1n) is 8.83. The maximum absolute atomic E-state index is 4.98. The third-order valence-corrected chi connectivity index (χ3v) is 4.88. The lowest BCUT2D eigenvalue weighted by Gasteiger charge is -2.10. The van der Waals surface area contributed by atoms with Gasteiger partial charge in [0.2, 0.25) is 0 Å². The van der Waals surface area contributed by atoms with E-state index in [1.807, 2.05) is 6.07 Å². The van der Waals surface area contributed by atoms with E-state index >= 15 is 0 Å². The molecule has 4 aromatic carbocycles. The van der Waals surface area contributed by atoms with Gasteiger partial charge in [0, 0.05) is 10.9 Å². The molecule has 0 saturated heterocycles. The molecule has 0 bridgehead atoms. The van der Waals surface area contributed by atoms with E-state index in [9.17, 15) is 0 Å². The Balaban J connectivity index is 1.72. The molecule has 0 aliphatic carbocycles. The van der Waals surface area contributed by atoms with Crippen LogP contribution < -0.4 is 0 Å². The van der Waals surface area contributed by atoms with E-state index in [0.29, 0.717) is 0 Å². The number of hydrogen-bond acceptors (Lipinski definition) is 1. The van der Waals surface area contributed by atoms with Crippen molar-refractivity contribution in [3.05, 3.63) is 103 Å². The van der Waals surface area contributed by atoms with Gasteiger partial charge >= 0.3 is 0 Å². The van der Waals surface area contributed by atoms with E-state index in [1.165, 1.54) is 32.8 Å². The van der Waals surface area contributed by atoms with Gasteiger partial charge in [-0.2, -0.15) is 0 Å². The first kappa shape index (κ1) is 14.9. The molecule has 1 heterocycles. The molecule has 0 atom stereocenters. The maximum atomic E-state index is 4.98. The lowest BCUT2D eigenvalue weighted by Crippen LogP contribution is -1.89. The Kier molecular flexibility index (Phi) is 3.50. The van der Waals surface area contributed by atoms with Crippen LogP contribution in [0.4, 0.5) is 0 Å². The normalized spacial score (nSPS) is 11.1. The Hall–Kier alpha value is -3.45. The predicted molar refractivity (Wildman–Crippen MR) is 110 cm³/mol. The summed E-state index contributed by atoms with van der Waals surface area (Å²) in [6.07, 6.45) is 0. The number of rotatable bonds is 2. The van der Waals surface area contributed by atoms with E-state index in [1.54, 1.807) is 0 Å². The highest BCUT2D eigenvalue weighted by atomic mass is 14.7. The van der Waals surface area contributed by atoms with Crippen LogP contribution in [0.25, 0.3) is 44.1 Å². The molecule has 1 aromatic heterocycles. The fraction of sp³-hybridized carbons (Fsp3) is 0.